The Hall–Kier alpha value is -0.120. The molecule has 2 N–H and O–H groups in total. The molecule has 0 aromatic carbocycles. The zero-order valence-electron chi connectivity index (χ0n) is 10.1. The van der Waals surface area contributed by atoms with E-state index < -0.39 is 0 Å². The van der Waals surface area contributed by atoms with Gasteiger partial charge in [0, 0.05) is 38.3 Å². The molecule has 0 radical (unpaired) electrons. The lowest BCUT2D eigenvalue weighted by molar-refractivity contribution is 0.0641. The molecule has 15 heavy (non-hydrogen) atoms. The third-order valence-electron chi connectivity index (χ3n) is 3.84. The molecule has 0 saturated carbocycles. The summed E-state index contributed by atoms with van der Waals surface area (Å²) >= 11 is 0. The summed E-state index contributed by atoms with van der Waals surface area (Å²) in [4.78, 5) is 2.74. The third-order valence-corrected chi connectivity index (χ3v) is 3.84. The molecule has 2 unspecified atom stereocenters. The monoisotopic (exact) mass is 211 g/mol. The molecule has 0 aromatic rings. The van der Waals surface area contributed by atoms with Gasteiger partial charge in [0.05, 0.1) is 0 Å². The largest absolute Gasteiger partial charge is 0.315 e. The van der Waals surface area contributed by atoms with Crippen molar-refractivity contribution < 1.29 is 0 Å². The Labute approximate surface area is 93.6 Å². The minimum atomic E-state index is 0.739. The van der Waals surface area contributed by atoms with Gasteiger partial charge in [0.2, 0.25) is 0 Å². The summed E-state index contributed by atoms with van der Waals surface area (Å²) in [6.45, 7) is 10.7. The van der Waals surface area contributed by atoms with Gasteiger partial charge in [0.25, 0.3) is 0 Å². The van der Waals surface area contributed by atoms with Crippen molar-refractivity contribution in [2.45, 2.75) is 38.8 Å². The molecule has 88 valence electrons. The molecule has 2 aliphatic rings. The Bertz CT molecular complexity index is 187. The fourth-order valence-electron chi connectivity index (χ4n) is 2.93. The van der Waals surface area contributed by atoms with E-state index in [2.05, 4.69) is 29.4 Å². The molecule has 0 aliphatic carbocycles. The van der Waals surface area contributed by atoms with E-state index in [1.807, 2.05) is 0 Å². The fraction of sp³-hybridized carbons (Fsp3) is 1.00. The van der Waals surface area contributed by atoms with Gasteiger partial charge in [-0.2, -0.15) is 0 Å². The SMILES string of the molecule is CC(C)C1CNCCN1C1CCCNC1. The van der Waals surface area contributed by atoms with E-state index >= 15 is 0 Å². The molecule has 0 bridgehead atoms. The quantitative estimate of drug-likeness (QED) is 0.703. The molecule has 0 aromatic heterocycles. The molecule has 3 heteroatoms. The lowest BCUT2D eigenvalue weighted by Crippen LogP contribution is -2.60. The maximum Gasteiger partial charge on any atom is 0.0247 e. The van der Waals surface area contributed by atoms with Crippen molar-refractivity contribution in [2.75, 3.05) is 32.7 Å². The summed E-state index contributed by atoms with van der Waals surface area (Å²) < 4.78 is 0. The van der Waals surface area contributed by atoms with Crippen molar-refractivity contribution in [1.82, 2.24) is 15.5 Å². The van der Waals surface area contributed by atoms with E-state index in [0.717, 1.165) is 18.0 Å². The number of nitrogens with one attached hydrogen (secondary N) is 2. The number of piperazine rings is 1. The highest BCUT2D eigenvalue weighted by atomic mass is 15.3. The number of piperidine rings is 1. The number of hydrogen-bond acceptors (Lipinski definition) is 3. The molecule has 0 spiro atoms. The predicted octanol–water partition coefficient (Wildman–Crippen LogP) is 0.668. The summed E-state index contributed by atoms with van der Waals surface area (Å²) in [5, 5.41) is 7.05. The molecule has 3 nitrogen and oxygen atoms in total. The van der Waals surface area contributed by atoms with Crippen LogP contribution in [-0.2, 0) is 0 Å². The Kier molecular flexibility index (Phi) is 4.00. The summed E-state index contributed by atoms with van der Waals surface area (Å²) in [6, 6.07) is 1.52. The van der Waals surface area contributed by atoms with Gasteiger partial charge in [-0.05, 0) is 25.3 Å². The highest BCUT2D eigenvalue weighted by Crippen LogP contribution is 2.19. The maximum absolute atomic E-state index is 3.53. The van der Waals surface area contributed by atoms with E-state index in [1.54, 1.807) is 0 Å². The number of hydrogen-bond donors (Lipinski definition) is 2. The second-order valence-electron chi connectivity index (χ2n) is 5.25. The molecular formula is C12H25N3. The van der Waals surface area contributed by atoms with Crippen molar-refractivity contribution in [3.63, 3.8) is 0 Å². The summed E-state index contributed by atoms with van der Waals surface area (Å²) in [5.41, 5.74) is 0. The number of rotatable bonds is 2. The van der Waals surface area contributed by atoms with Crippen molar-refractivity contribution in [3.05, 3.63) is 0 Å². The third kappa shape index (κ3) is 2.71. The molecule has 2 atom stereocenters. The second kappa shape index (κ2) is 5.28. The Morgan fingerprint density at radius 1 is 1.13 bits per heavy atom. The summed E-state index contributed by atoms with van der Waals surface area (Å²) in [6.07, 6.45) is 2.73. The topological polar surface area (TPSA) is 27.3 Å². The normalized spacial score (nSPS) is 34.6. The van der Waals surface area contributed by atoms with Crippen LogP contribution in [0.1, 0.15) is 26.7 Å². The minimum absolute atomic E-state index is 0.739. The molecule has 2 aliphatic heterocycles. The predicted molar refractivity (Wildman–Crippen MR) is 64.1 cm³/mol. The molecule has 2 fully saturated rings. The Balaban J connectivity index is 1.96. The summed E-state index contributed by atoms with van der Waals surface area (Å²) in [7, 11) is 0. The molecule has 0 amide bonds. The maximum atomic E-state index is 3.53. The van der Waals surface area contributed by atoms with Crippen LogP contribution in [0.4, 0.5) is 0 Å². The smallest absolute Gasteiger partial charge is 0.0247 e. The van der Waals surface area contributed by atoms with Crippen molar-refractivity contribution in [3.8, 4) is 0 Å². The lowest BCUT2D eigenvalue weighted by atomic mass is 9.96. The van der Waals surface area contributed by atoms with E-state index in [9.17, 15) is 0 Å². The van der Waals surface area contributed by atoms with Crippen LogP contribution in [0.25, 0.3) is 0 Å². The van der Waals surface area contributed by atoms with Gasteiger partial charge in [-0.25, -0.2) is 0 Å². The van der Waals surface area contributed by atoms with Gasteiger partial charge in [0.1, 0.15) is 0 Å². The molecular weight excluding hydrogens is 186 g/mol. The van der Waals surface area contributed by atoms with Gasteiger partial charge in [0.15, 0.2) is 0 Å². The van der Waals surface area contributed by atoms with Crippen LogP contribution in [0.5, 0.6) is 0 Å². The van der Waals surface area contributed by atoms with E-state index in [1.165, 1.54) is 45.6 Å². The lowest BCUT2D eigenvalue weighted by Gasteiger charge is -2.44. The average molecular weight is 211 g/mol. The molecule has 2 heterocycles. The van der Waals surface area contributed by atoms with Gasteiger partial charge < -0.3 is 10.6 Å². The minimum Gasteiger partial charge on any atom is -0.315 e. The van der Waals surface area contributed by atoms with E-state index in [0.29, 0.717) is 0 Å². The first-order valence-electron chi connectivity index (χ1n) is 6.46. The van der Waals surface area contributed by atoms with Crippen LogP contribution < -0.4 is 10.6 Å². The van der Waals surface area contributed by atoms with E-state index in [-0.39, 0.29) is 0 Å². The summed E-state index contributed by atoms with van der Waals surface area (Å²) in [5.74, 6) is 0.764. The van der Waals surface area contributed by atoms with Gasteiger partial charge >= 0.3 is 0 Å². The Morgan fingerprint density at radius 3 is 2.60 bits per heavy atom. The van der Waals surface area contributed by atoms with Crippen LogP contribution in [0.2, 0.25) is 0 Å². The van der Waals surface area contributed by atoms with Crippen molar-refractivity contribution in [2.24, 2.45) is 5.92 Å². The zero-order valence-corrected chi connectivity index (χ0v) is 10.1. The highest BCUT2D eigenvalue weighted by Gasteiger charge is 2.30. The van der Waals surface area contributed by atoms with Gasteiger partial charge in [-0.3, -0.25) is 4.90 Å². The van der Waals surface area contributed by atoms with Gasteiger partial charge in [-0.15, -0.1) is 0 Å². The first kappa shape index (κ1) is 11.4. The van der Waals surface area contributed by atoms with Crippen molar-refractivity contribution in [1.29, 1.82) is 0 Å². The fourth-order valence-corrected chi connectivity index (χ4v) is 2.93. The van der Waals surface area contributed by atoms with Crippen LogP contribution in [0.3, 0.4) is 0 Å². The van der Waals surface area contributed by atoms with E-state index in [4.69, 9.17) is 0 Å². The van der Waals surface area contributed by atoms with Crippen molar-refractivity contribution >= 4 is 0 Å². The average Bonchev–Trinajstić information content (AvgIpc) is 2.30. The van der Waals surface area contributed by atoms with Crippen LogP contribution in [0.15, 0.2) is 0 Å². The first-order valence-corrected chi connectivity index (χ1v) is 6.46. The standard InChI is InChI=1S/C12H25N3/c1-10(2)12-9-14-6-7-15(12)11-4-3-5-13-8-11/h10-14H,3-9H2,1-2H3. The Morgan fingerprint density at radius 2 is 1.93 bits per heavy atom. The van der Waals surface area contributed by atoms with Crippen LogP contribution in [0, 0.1) is 5.92 Å². The molecule has 2 saturated heterocycles. The zero-order chi connectivity index (χ0) is 10.7. The van der Waals surface area contributed by atoms with Crippen LogP contribution >= 0.6 is 0 Å². The number of nitrogens with zero attached hydrogens (tertiary/aromatic N) is 1. The first-order chi connectivity index (χ1) is 7.29. The van der Waals surface area contributed by atoms with Gasteiger partial charge in [-0.1, -0.05) is 13.8 Å². The van der Waals surface area contributed by atoms with Crippen LogP contribution in [-0.4, -0.2) is 49.7 Å². The second-order valence-corrected chi connectivity index (χ2v) is 5.25. The highest BCUT2D eigenvalue weighted by molar-refractivity contribution is 4.89. The molecule has 2 rings (SSSR count).